The number of halogens is 1. The summed E-state index contributed by atoms with van der Waals surface area (Å²) in [6.07, 6.45) is 1.53. The van der Waals surface area contributed by atoms with Crippen LogP contribution in [0.3, 0.4) is 0 Å². The van der Waals surface area contributed by atoms with Gasteiger partial charge in [0.2, 0.25) is 5.89 Å². The third kappa shape index (κ3) is 3.11. The lowest BCUT2D eigenvalue weighted by Crippen LogP contribution is -2.22. The van der Waals surface area contributed by atoms with Crippen LogP contribution in [0.25, 0.3) is 11.5 Å². The first kappa shape index (κ1) is 13.4. The van der Waals surface area contributed by atoms with Crippen LogP contribution < -0.4 is 5.32 Å². The first-order chi connectivity index (χ1) is 10.2. The molecule has 6 nitrogen and oxygen atoms in total. The number of nitrogens with zero attached hydrogens (tertiary/aromatic N) is 2. The van der Waals surface area contributed by atoms with Gasteiger partial charge in [0.25, 0.3) is 0 Å². The van der Waals surface area contributed by atoms with E-state index >= 15 is 0 Å². The van der Waals surface area contributed by atoms with Gasteiger partial charge in [-0.25, -0.2) is 0 Å². The second-order valence-electron chi connectivity index (χ2n) is 4.18. The minimum absolute atomic E-state index is 0.114. The normalized spacial score (nSPS) is 10.5. The molecule has 0 aliphatic heterocycles. The van der Waals surface area contributed by atoms with Crippen LogP contribution in [0.2, 0.25) is 5.02 Å². The molecule has 1 amide bonds. The molecule has 0 saturated carbocycles. The van der Waals surface area contributed by atoms with E-state index in [-0.39, 0.29) is 18.3 Å². The number of nitrogens with one attached hydrogen (secondary N) is 1. The highest BCUT2D eigenvalue weighted by Gasteiger charge is 2.16. The fourth-order valence-corrected chi connectivity index (χ4v) is 1.90. The highest BCUT2D eigenvalue weighted by Crippen LogP contribution is 2.21. The summed E-state index contributed by atoms with van der Waals surface area (Å²) >= 11 is 5.89. The van der Waals surface area contributed by atoms with Crippen LogP contribution in [-0.2, 0) is 6.54 Å². The molecule has 2 aromatic heterocycles. The van der Waals surface area contributed by atoms with E-state index in [1.54, 1.807) is 36.4 Å². The molecule has 0 spiro atoms. The summed E-state index contributed by atoms with van der Waals surface area (Å²) in [5, 5.41) is 10.7. The van der Waals surface area contributed by atoms with E-state index < -0.39 is 5.91 Å². The van der Waals surface area contributed by atoms with Gasteiger partial charge in [0, 0.05) is 10.6 Å². The van der Waals surface area contributed by atoms with Crippen molar-refractivity contribution in [3.63, 3.8) is 0 Å². The molecule has 0 fully saturated rings. The van der Waals surface area contributed by atoms with E-state index in [2.05, 4.69) is 15.5 Å². The number of furan rings is 1. The van der Waals surface area contributed by atoms with E-state index in [1.165, 1.54) is 6.26 Å². The lowest BCUT2D eigenvalue weighted by molar-refractivity contribution is 0.0914. The predicted molar refractivity (Wildman–Crippen MR) is 74.6 cm³/mol. The van der Waals surface area contributed by atoms with Crippen molar-refractivity contribution in [2.24, 2.45) is 0 Å². The number of carbonyl (C=O) groups excluding carboxylic acids is 1. The number of hydrogen-bond acceptors (Lipinski definition) is 5. The zero-order chi connectivity index (χ0) is 14.7. The summed E-state index contributed by atoms with van der Waals surface area (Å²) in [4.78, 5) is 11.9. The van der Waals surface area contributed by atoms with Crippen LogP contribution in [-0.4, -0.2) is 16.1 Å². The van der Waals surface area contributed by atoms with Crippen LogP contribution in [0.4, 0.5) is 0 Å². The minimum atomic E-state index is -0.466. The molecule has 3 aromatic rings. The molecule has 0 aliphatic carbocycles. The first-order valence-corrected chi connectivity index (χ1v) is 6.50. The summed E-state index contributed by atoms with van der Waals surface area (Å²) in [6.45, 7) is 0.251. The molecule has 106 valence electrons. The second kappa shape index (κ2) is 5.80. The predicted octanol–water partition coefficient (Wildman–Crippen LogP) is 2.91. The molecule has 1 aromatic carbocycles. The third-order valence-corrected chi connectivity index (χ3v) is 2.93. The number of benzene rings is 1. The Morgan fingerprint density at radius 3 is 2.90 bits per heavy atom. The summed E-state index contributed by atoms with van der Waals surface area (Å²) < 4.78 is 10.4. The Morgan fingerprint density at radius 2 is 2.14 bits per heavy atom. The Balaban J connectivity index is 1.71. The molecule has 0 radical (unpaired) electrons. The molecule has 0 aliphatic rings. The quantitative estimate of drug-likeness (QED) is 0.801. The Bertz CT molecular complexity index is 752. The number of hydrogen-bond donors (Lipinski definition) is 1. The smallest absolute Gasteiger partial charge is 0.309 e. The van der Waals surface area contributed by atoms with E-state index in [9.17, 15) is 4.79 Å². The van der Waals surface area contributed by atoms with E-state index in [0.29, 0.717) is 16.3 Å². The molecule has 2 heterocycles. The maximum Gasteiger partial charge on any atom is 0.309 e. The molecule has 7 heteroatoms. The maximum absolute atomic E-state index is 11.9. The van der Waals surface area contributed by atoms with E-state index in [1.807, 2.05) is 0 Å². The van der Waals surface area contributed by atoms with Crippen LogP contribution in [0.1, 0.15) is 16.4 Å². The van der Waals surface area contributed by atoms with Gasteiger partial charge in [-0.1, -0.05) is 17.7 Å². The largest absolute Gasteiger partial charge is 0.467 e. The SMILES string of the molecule is O=C(NCc1ccco1)c1nnc(-c2cccc(Cl)c2)o1. The molecule has 21 heavy (non-hydrogen) atoms. The molecule has 3 rings (SSSR count). The van der Waals surface area contributed by atoms with Gasteiger partial charge in [-0.3, -0.25) is 4.79 Å². The van der Waals surface area contributed by atoms with Crippen molar-refractivity contribution < 1.29 is 13.6 Å². The second-order valence-corrected chi connectivity index (χ2v) is 4.62. The van der Waals surface area contributed by atoms with Crippen LogP contribution in [0.15, 0.2) is 51.5 Å². The molecule has 0 bridgehead atoms. The van der Waals surface area contributed by atoms with Gasteiger partial charge in [-0.15, -0.1) is 10.2 Å². The zero-order valence-electron chi connectivity index (χ0n) is 10.7. The first-order valence-electron chi connectivity index (χ1n) is 6.12. The Kier molecular flexibility index (Phi) is 3.70. The molecule has 0 saturated heterocycles. The van der Waals surface area contributed by atoms with Crippen LogP contribution in [0.5, 0.6) is 0 Å². The third-order valence-electron chi connectivity index (χ3n) is 2.69. The summed E-state index contributed by atoms with van der Waals surface area (Å²) in [7, 11) is 0. The maximum atomic E-state index is 11.9. The van der Waals surface area contributed by atoms with Crippen molar-refractivity contribution in [3.05, 3.63) is 59.3 Å². The molecule has 0 unspecified atom stereocenters. The highest BCUT2D eigenvalue weighted by molar-refractivity contribution is 6.30. The van der Waals surface area contributed by atoms with Crippen molar-refractivity contribution in [1.82, 2.24) is 15.5 Å². The van der Waals surface area contributed by atoms with Crippen molar-refractivity contribution in [1.29, 1.82) is 0 Å². The van der Waals surface area contributed by atoms with E-state index in [0.717, 1.165) is 0 Å². The number of aromatic nitrogens is 2. The number of carbonyl (C=O) groups is 1. The van der Waals surface area contributed by atoms with Gasteiger partial charge in [0.05, 0.1) is 12.8 Å². The van der Waals surface area contributed by atoms with Crippen molar-refractivity contribution in [3.8, 4) is 11.5 Å². The number of amides is 1. The van der Waals surface area contributed by atoms with Crippen LogP contribution >= 0.6 is 11.6 Å². The highest BCUT2D eigenvalue weighted by atomic mass is 35.5. The average molecular weight is 304 g/mol. The van der Waals surface area contributed by atoms with Crippen molar-refractivity contribution in [2.45, 2.75) is 6.54 Å². The molecule has 1 N–H and O–H groups in total. The summed E-state index contributed by atoms with van der Waals surface area (Å²) in [5.41, 5.74) is 0.653. The standard InChI is InChI=1S/C14H10ClN3O3/c15-10-4-1-3-9(7-10)13-17-18-14(21-13)12(19)16-8-11-5-2-6-20-11/h1-7H,8H2,(H,16,19). The van der Waals surface area contributed by atoms with E-state index in [4.69, 9.17) is 20.4 Å². The van der Waals surface area contributed by atoms with Gasteiger partial charge < -0.3 is 14.2 Å². The lowest BCUT2D eigenvalue weighted by Gasteiger charge is -1.98. The summed E-state index contributed by atoms with van der Waals surface area (Å²) in [6, 6.07) is 10.4. The Hall–Kier alpha value is -2.60. The monoisotopic (exact) mass is 303 g/mol. The van der Waals surface area contributed by atoms with Crippen molar-refractivity contribution in [2.75, 3.05) is 0 Å². The van der Waals surface area contributed by atoms with Gasteiger partial charge >= 0.3 is 11.8 Å². The fraction of sp³-hybridized carbons (Fsp3) is 0.0714. The average Bonchev–Trinajstić information content (AvgIpc) is 3.16. The van der Waals surface area contributed by atoms with Crippen molar-refractivity contribution >= 4 is 17.5 Å². The minimum Gasteiger partial charge on any atom is -0.467 e. The van der Waals surface area contributed by atoms with Crippen LogP contribution in [0, 0.1) is 0 Å². The topological polar surface area (TPSA) is 81.2 Å². The van der Waals surface area contributed by atoms with Gasteiger partial charge in [-0.2, -0.15) is 0 Å². The zero-order valence-corrected chi connectivity index (χ0v) is 11.5. The van der Waals surface area contributed by atoms with Gasteiger partial charge in [0.1, 0.15) is 5.76 Å². The molecular weight excluding hydrogens is 294 g/mol. The lowest BCUT2D eigenvalue weighted by atomic mass is 10.2. The Labute approximate surface area is 124 Å². The molecule has 0 atom stereocenters. The molecular formula is C14H10ClN3O3. The Morgan fingerprint density at radius 1 is 1.24 bits per heavy atom. The fourth-order valence-electron chi connectivity index (χ4n) is 1.71. The van der Waals surface area contributed by atoms with Gasteiger partial charge in [0.15, 0.2) is 0 Å². The van der Waals surface area contributed by atoms with Gasteiger partial charge in [-0.05, 0) is 30.3 Å². The summed E-state index contributed by atoms with van der Waals surface area (Å²) in [5.74, 6) is 0.294. The number of rotatable bonds is 4.